The van der Waals surface area contributed by atoms with E-state index in [-0.39, 0.29) is 11.8 Å². The average Bonchev–Trinajstić information content (AvgIpc) is 3.27. The first kappa shape index (κ1) is 15.4. The molecule has 0 radical (unpaired) electrons. The number of aromatic amines is 1. The van der Waals surface area contributed by atoms with Gasteiger partial charge in [0.25, 0.3) is 5.91 Å². The van der Waals surface area contributed by atoms with Crippen molar-refractivity contribution in [1.82, 2.24) is 15.1 Å². The Morgan fingerprint density at radius 3 is 2.80 bits per heavy atom. The van der Waals surface area contributed by atoms with Crippen molar-refractivity contribution in [1.29, 1.82) is 0 Å². The first-order valence-corrected chi connectivity index (χ1v) is 8.22. The van der Waals surface area contributed by atoms with Crippen LogP contribution in [0.5, 0.6) is 0 Å². The average molecular weight is 334 g/mol. The Balaban J connectivity index is 1.59. The molecule has 1 saturated heterocycles. The van der Waals surface area contributed by atoms with E-state index in [1.807, 2.05) is 42.5 Å². The fourth-order valence-corrected chi connectivity index (χ4v) is 3.37. The van der Waals surface area contributed by atoms with Crippen LogP contribution < -0.4 is 4.90 Å². The molecule has 1 atom stereocenters. The molecule has 1 aromatic heterocycles. The maximum Gasteiger partial charge on any atom is 0.255 e. The van der Waals surface area contributed by atoms with Crippen LogP contribution in [0.15, 0.2) is 54.7 Å². The summed E-state index contributed by atoms with van der Waals surface area (Å²) in [5.41, 5.74) is 2.23. The Morgan fingerprint density at radius 1 is 1.20 bits per heavy atom. The zero-order valence-electron chi connectivity index (χ0n) is 13.8. The van der Waals surface area contributed by atoms with Crippen LogP contribution in [0, 0.1) is 0 Å². The minimum Gasteiger partial charge on any atom is -0.330 e. The van der Waals surface area contributed by atoms with Gasteiger partial charge < -0.3 is 9.80 Å². The predicted molar refractivity (Wildman–Crippen MR) is 95.4 cm³/mol. The highest BCUT2D eigenvalue weighted by molar-refractivity contribution is 6.09. The van der Waals surface area contributed by atoms with Crippen molar-refractivity contribution >= 4 is 28.4 Å². The standard InChI is InChI=1S/C19H18N4O2/c1-22(18(24)14-8-5-9-16-15(14)12-20-21-16)17-10-11-23(19(17)25)13-6-3-2-4-7-13/h2-9,12,17H,10-11H2,1H3,(H,20,21)/t17-/m0/s1. The van der Waals surface area contributed by atoms with Crippen LogP contribution in [-0.2, 0) is 4.79 Å². The summed E-state index contributed by atoms with van der Waals surface area (Å²) in [4.78, 5) is 29.0. The predicted octanol–water partition coefficient (Wildman–Crippen LogP) is 2.44. The van der Waals surface area contributed by atoms with Crippen molar-refractivity contribution in [3.63, 3.8) is 0 Å². The third-order valence-electron chi connectivity index (χ3n) is 4.75. The van der Waals surface area contributed by atoms with Gasteiger partial charge in [-0.3, -0.25) is 14.7 Å². The summed E-state index contributed by atoms with van der Waals surface area (Å²) in [6.07, 6.45) is 2.26. The molecule has 1 fully saturated rings. The quantitative estimate of drug-likeness (QED) is 0.800. The summed E-state index contributed by atoms with van der Waals surface area (Å²) in [7, 11) is 1.69. The number of carbonyl (C=O) groups is 2. The smallest absolute Gasteiger partial charge is 0.255 e. The first-order chi connectivity index (χ1) is 12.2. The normalized spacial score (nSPS) is 17.2. The van der Waals surface area contributed by atoms with Gasteiger partial charge in [0, 0.05) is 24.7 Å². The number of hydrogen-bond acceptors (Lipinski definition) is 3. The lowest BCUT2D eigenvalue weighted by atomic mass is 10.1. The number of likely N-dealkylation sites (N-methyl/N-ethyl adjacent to an activating group) is 1. The second-order valence-electron chi connectivity index (χ2n) is 6.18. The van der Waals surface area contributed by atoms with E-state index in [4.69, 9.17) is 0 Å². The lowest BCUT2D eigenvalue weighted by Crippen LogP contribution is -2.43. The van der Waals surface area contributed by atoms with E-state index in [1.54, 1.807) is 29.1 Å². The van der Waals surface area contributed by atoms with Crippen molar-refractivity contribution in [2.75, 3.05) is 18.5 Å². The highest BCUT2D eigenvalue weighted by Gasteiger charge is 2.37. The molecule has 0 bridgehead atoms. The molecule has 4 rings (SSSR count). The molecule has 3 aromatic rings. The van der Waals surface area contributed by atoms with Crippen molar-refractivity contribution in [2.24, 2.45) is 0 Å². The van der Waals surface area contributed by atoms with Crippen molar-refractivity contribution < 1.29 is 9.59 Å². The van der Waals surface area contributed by atoms with E-state index < -0.39 is 6.04 Å². The van der Waals surface area contributed by atoms with E-state index in [0.717, 1.165) is 16.6 Å². The molecular formula is C19H18N4O2. The number of hydrogen-bond donors (Lipinski definition) is 1. The summed E-state index contributed by atoms with van der Waals surface area (Å²) in [6.45, 7) is 0.612. The van der Waals surface area contributed by atoms with Gasteiger partial charge in [0.15, 0.2) is 0 Å². The number of benzene rings is 2. The molecule has 1 N–H and O–H groups in total. The number of amides is 2. The zero-order valence-corrected chi connectivity index (χ0v) is 13.8. The molecule has 126 valence electrons. The molecule has 0 aliphatic carbocycles. The van der Waals surface area contributed by atoms with E-state index in [9.17, 15) is 9.59 Å². The number of aromatic nitrogens is 2. The number of nitrogens with zero attached hydrogens (tertiary/aromatic N) is 3. The minimum absolute atomic E-state index is 0.0404. The summed E-state index contributed by atoms with van der Waals surface area (Å²) < 4.78 is 0. The highest BCUT2D eigenvalue weighted by Crippen LogP contribution is 2.25. The Kier molecular flexibility index (Phi) is 3.72. The lowest BCUT2D eigenvalue weighted by molar-refractivity contribution is -0.120. The minimum atomic E-state index is -0.449. The van der Waals surface area contributed by atoms with Crippen LogP contribution in [-0.4, -0.2) is 46.5 Å². The molecule has 0 unspecified atom stereocenters. The van der Waals surface area contributed by atoms with E-state index in [0.29, 0.717) is 18.5 Å². The number of carbonyl (C=O) groups excluding carboxylic acids is 2. The first-order valence-electron chi connectivity index (χ1n) is 8.22. The SMILES string of the molecule is CN(C(=O)c1cccc2[nH]ncc12)[C@H]1CCN(c2ccccc2)C1=O. The molecule has 1 aliphatic heterocycles. The zero-order chi connectivity index (χ0) is 17.4. The second kappa shape index (κ2) is 6.05. The second-order valence-corrected chi connectivity index (χ2v) is 6.18. The summed E-state index contributed by atoms with van der Waals surface area (Å²) >= 11 is 0. The van der Waals surface area contributed by atoms with Crippen LogP contribution in [0.1, 0.15) is 16.8 Å². The van der Waals surface area contributed by atoms with Gasteiger partial charge in [-0.25, -0.2) is 0 Å². The van der Waals surface area contributed by atoms with Gasteiger partial charge >= 0.3 is 0 Å². The fraction of sp³-hybridized carbons (Fsp3) is 0.211. The highest BCUT2D eigenvalue weighted by atomic mass is 16.2. The molecule has 2 amide bonds. The van der Waals surface area contributed by atoms with E-state index in [1.165, 1.54) is 0 Å². The van der Waals surface area contributed by atoms with Crippen LogP contribution in [0.3, 0.4) is 0 Å². The number of fused-ring (bicyclic) bond motifs is 1. The third kappa shape index (κ3) is 2.55. The summed E-state index contributed by atoms with van der Waals surface area (Å²) in [5, 5.41) is 7.63. The van der Waals surface area contributed by atoms with Gasteiger partial charge in [-0.2, -0.15) is 5.10 Å². The molecule has 2 heterocycles. The molecule has 0 spiro atoms. The Hall–Kier alpha value is -3.15. The van der Waals surface area contributed by atoms with Crippen molar-refractivity contribution in [2.45, 2.75) is 12.5 Å². The maximum absolute atomic E-state index is 12.9. The summed E-state index contributed by atoms with van der Waals surface area (Å²) in [6, 6.07) is 14.6. The van der Waals surface area contributed by atoms with E-state index in [2.05, 4.69) is 10.2 Å². The Bertz CT molecular complexity index is 935. The molecular weight excluding hydrogens is 316 g/mol. The number of nitrogens with one attached hydrogen (secondary N) is 1. The monoisotopic (exact) mass is 334 g/mol. The number of H-pyrrole nitrogens is 1. The molecule has 2 aromatic carbocycles. The maximum atomic E-state index is 12.9. The Labute approximate surface area is 145 Å². The number of para-hydroxylation sites is 1. The van der Waals surface area contributed by atoms with Crippen molar-refractivity contribution in [3.05, 3.63) is 60.3 Å². The largest absolute Gasteiger partial charge is 0.330 e. The lowest BCUT2D eigenvalue weighted by Gasteiger charge is -2.24. The van der Waals surface area contributed by atoms with Gasteiger partial charge in [0.2, 0.25) is 5.91 Å². The van der Waals surface area contributed by atoms with Crippen molar-refractivity contribution in [3.8, 4) is 0 Å². The Morgan fingerprint density at radius 2 is 2.00 bits per heavy atom. The van der Waals surface area contributed by atoms with Gasteiger partial charge in [-0.1, -0.05) is 24.3 Å². The van der Waals surface area contributed by atoms with Gasteiger partial charge in [-0.05, 0) is 30.7 Å². The van der Waals surface area contributed by atoms with Crippen LogP contribution in [0.2, 0.25) is 0 Å². The molecule has 6 heteroatoms. The fourth-order valence-electron chi connectivity index (χ4n) is 3.37. The van der Waals surface area contributed by atoms with Gasteiger partial charge in [0.05, 0.1) is 17.3 Å². The van der Waals surface area contributed by atoms with E-state index >= 15 is 0 Å². The van der Waals surface area contributed by atoms with Gasteiger partial charge in [-0.15, -0.1) is 0 Å². The number of anilines is 1. The van der Waals surface area contributed by atoms with Gasteiger partial charge in [0.1, 0.15) is 6.04 Å². The van der Waals surface area contributed by atoms with Crippen LogP contribution in [0.4, 0.5) is 5.69 Å². The van der Waals surface area contributed by atoms with Crippen LogP contribution in [0.25, 0.3) is 10.9 Å². The third-order valence-corrected chi connectivity index (χ3v) is 4.75. The molecule has 6 nitrogen and oxygen atoms in total. The topological polar surface area (TPSA) is 69.3 Å². The van der Waals surface area contributed by atoms with Crippen LogP contribution >= 0.6 is 0 Å². The summed E-state index contributed by atoms with van der Waals surface area (Å²) in [5.74, 6) is -0.207. The molecule has 0 saturated carbocycles. The molecule has 25 heavy (non-hydrogen) atoms. The molecule has 1 aliphatic rings. The number of rotatable bonds is 3.